The topological polar surface area (TPSA) is 89.3 Å². The highest BCUT2D eigenvalue weighted by molar-refractivity contribution is 8.00. The lowest BCUT2D eigenvalue weighted by molar-refractivity contribution is -0.113. The molecular formula is C23H19FN2O4S3. The second kappa shape index (κ2) is 9.50. The number of rotatable bonds is 7. The molecule has 33 heavy (non-hydrogen) atoms. The number of nitrogens with zero attached hydrogens (tertiary/aromatic N) is 1. The summed E-state index contributed by atoms with van der Waals surface area (Å²) in [4.78, 5) is 17.3. The van der Waals surface area contributed by atoms with Crippen molar-refractivity contribution in [1.82, 2.24) is 4.98 Å². The number of halogens is 1. The van der Waals surface area contributed by atoms with Gasteiger partial charge in [-0.2, -0.15) is 4.98 Å². The highest BCUT2D eigenvalue weighted by Crippen LogP contribution is 2.36. The van der Waals surface area contributed by atoms with E-state index in [0.29, 0.717) is 10.6 Å². The molecule has 4 rings (SSSR count). The van der Waals surface area contributed by atoms with E-state index in [0.717, 1.165) is 35.0 Å². The van der Waals surface area contributed by atoms with Crippen molar-refractivity contribution in [2.24, 2.45) is 0 Å². The van der Waals surface area contributed by atoms with Crippen molar-refractivity contribution < 1.29 is 22.0 Å². The Bertz CT molecular complexity index is 1380. The molecule has 6 nitrogen and oxygen atoms in total. The van der Waals surface area contributed by atoms with E-state index in [1.54, 1.807) is 12.1 Å². The van der Waals surface area contributed by atoms with Crippen molar-refractivity contribution >= 4 is 44.5 Å². The molecule has 0 atom stereocenters. The van der Waals surface area contributed by atoms with E-state index in [-0.39, 0.29) is 32.6 Å². The van der Waals surface area contributed by atoms with Gasteiger partial charge in [-0.1, -0.05) is 23.9 Å². The molecule has 2 aromatic carbocycles. The largest absolute Gasteiger partial charge is 0.428 e. The summed E-state index contributed by atoms with van der Waals surface area (Å²) in [7, 11) is -4.09. The maximum Gasteiger partial charge on any atom is 0.238 e. The number of thiophene rings is 1. The normalized spacial score (nSPS) is 11.5. The van der Waals surface area contributed by atoms with Gasteiger partial charge in [-0.25, -0.2) is 12.8 Å². The number of benzene rings is 2. The number of anilines is 1. The van der Waals surface area contributed by atoms with Crippen LogP contribution in [0.4, 0.5) is 10.1 Å². The molecule has 4 aromatic rings. The van der Waals surface area contributed by atoms with Crippen LogP contribution in [0.15, 0.2) is 79.4 Å². The fourth-order valence-electron chi connectivity index (χ4n) is 3.16. The molecule has 0 bridgehead atoms. The summed E-state index contributed by atoms with van der Waals surface area (Å²) in [5.41, 5.74) is 2.69. The number of carbonyl (C=O) groups excluding carboxylic acids is 1. The third kappa shape index (κ3) is 5.35. The molecule has 1 N–H and O–H groups in total. The van der Waals surface area contributed by atoms with E-state index in [1.807, 2.05) is 37.4 Å². The second-order valence-corrected chi connectivity index (χ2v) is 11.0. The third-order valence-corrected chi connectivity index (χ3v) is 8.13. The zero-order chi connectivity index (χ0) is 23.6. The molecule has 0 spiro atoms. The molecule has 0 saturated heterocycles. The highest BCUT2D eigenvalue weighted by atomic mass is 32.2. The van der Waals surface area contributed by atoms with Crippen LogP contribution in [0.25, 0.3) is 10.8 Å². The quantitative estimate of drug-likeness (QED) is 0.257. The van der Waals surface area contributed by atoms with Crippen LogP contribution >= 0.6 is 23.1 Å². The molecule has 0 radical (unpaired) electrons. The Kier molecular flexibility index (Phi) is 6.68. The van der Waals surface area contributed by atoms with Crippen LogP contribution in [0.1, 0.15) is 11.1 Å². The summed E-state index contributed by atoms with van der Waals surface area (Å²) in [6.07, 6.45) is 0. The molecule has 2 heterocycles. The highest BCUT2D eigenvalue weighted by Gasteiger charge is 2.29. The summed E-state index contributed by atoms with van der Waals surface area (Å²) < 4.78 is 45.5. The molecule has 0 fully saturated rings. The Labute approximate surface area is 198 Å². The van der Waals surface area contributed by atoms with Gasteiger partial charge in [-0.3, -0.25) is 4.79 Å². The number of nitrogens with one attached hydrogen (secondary N) is 1. The SMILES string of the molecule is Cc1cc(C)cc(NC(=O)CSc2oc(-c3cccs3)nc2S(=O)(=O)c2ccc(F)cc2)c1. The van der Waals surface area contributed by atoms with E-state index in [2.05, 4.69) is 10.3 Å². The van der Waals surface area contributed by atoms with Crippen LogP contribution < -0.4 is 5.32 Å². The van der Waals surface area contributed by atoms with Gasteiger partial charge in [-0.15, -0.1) is 11.3 Å². The van der Waals surface area contributed by atoms with Crippen molar-refractivity contribution in [2.45, 2.75) is 28.9 Å². The lowest BCUT2D eigenvalue weighted by Gasteiger charge is -2.07. The van der Waals surface area contributed by atoms with Gasteiger partial charge in [0.2, 0.25) is 31.8 Å². The lowest BCUT2D eigenvalue weighted by atomic mass is 10.1. The monoisotopic (exact) mass is 502 g/mol. The molecule has 1 amide bonds. The van der Waals surface area contributed by atoms with E-state index < -0.39 is 15.7 Å². The molecule has 170 valence electrons. The van der Waals surface area contributed by atoms with Crippen molar-refractivity contribution in [3.05, 3.63) is 76.9 Å². The van der Waals surface area contributed by atoms with Gasteiger partial charge < -0.3 is 9.73 Å². The summed E-state index contributed by atoms with van der Waals surface area (Å²) in [6.45, 7) is 3.87. The van der Waals surface area contributed by atoms with Gasteiger partial charge in [0.1, 0.15) is 5.82 Å². The molecule has 0 unspecified atom stereocenters. The molecule has 0 saturated carbocycles. The van der Waals surface area contributed by atoms with Crippen LogP contribution in [0, 0.1) is 19.7 Å². The maximum atomic E-state index is 13.3. The standard InChI is InChI=1S/C23H19FN2O4S3/c1-14-10-15(2)12-17(11-14)25-20(27)13-32-23-22(26-21(30-23)19-4-3-9-31-19)33(28,29)18-7-5-16(24)6-8-18/h3-12H,13H2,1-2H3,(H,25,27). The molecular weight excluding hydrogens is 483 g/mol. The van der Waals surface area contributed by atoms with E-state index in [9.17, 15) is 17.6 Å². The Morgan fingerprint density at radius 2 is 1.82 bits per heavy atom. The average Bonchev–Trinajstić information content (AvgIpc) is 3.42. The van der Waals surface area contributed by atoms with Gasteiger partial charge in [0.15, 0.2) is 0 Å². The van der Waals surface area contributed by atoms with Crippen LogP contribution in [0.5, 0.6) is 0 Å². The van der Waals surface area contributed by atoms with E-state index >= 15 is 0 Å². The first-order valence-corrected chi connectivity index (χ1v) is 13.1. The molecule has 10 heteroatoms. The predicted molar refractivity (Wildman–Crippen MR) is 127 cm³/mol. The number of hydrogen-bond donors (Lipinski definition) is 1. The number of carbonyl (C=O) groups is 1. The predicted octanol–water partition coefficient (Wildman–Crippen LogP) is 5.72. The van der Waals surface area contributed by atoms with Crippen molar-refractivity contribution in [1.29, 1.82) is 0 Å². The Morgan fingerprint density at radius 1 is 1.12 bits per heavy atom. The first-order chi connectivity index (χ1) is 15.7. The minimum absolute atomic E-state index is 0.00158. The number of sulfone groups is 1. The summed E-state index contributed by atoms with van der Waals surface area (Å²) >= 11 is 2.28. The third-order valence-electron chi connectivity index (χ3n) is 4.52. The fraction of sp³-hybridized carbons (Fsp3) is 0.130. The van der Waals surface area contributed by atoms with Gasteiger partial charge in [0, 0.05) is 5.69 Å². The van der Waals surface area contributed by atoms with E-state index in [1.165, 1.54) is 23.5 Å². The van der Waals surface area contributed by atoms with Crippen LogP contribution in [0.3, 0.4) is 0 Å². The number of oxazole rings is 1. The number of aryl methyl sites for hydroxylation is 2. The Morgan fingerprint density at radius 3 is 2.45 bits per heavy atom. The van der Waals surface area contributed by atoms with Gasteiger partial charge >= 0.3 is 0 Å². The fourth-order valence-corrected chi connectivity index (χ4v) is 6.14. The first kappa shape index (κ1) is 23.2. The number of aromatic nitrogens is 1. The number of thioether (sulfide) groups is 1. The average molecular weight is 503 g/mol. The van der Waals surface area contributed by atoms with Crippen molar-refractivity contribution in [2.75, 3.05) is 11.1 Å². The summed E-state index contributed by atoms with van der Waals surface area (Å²) in [5.74, 6) is -0.809. The number of amides is 1. The van der Waals surface area contributed by atoms with Gasteiger partial charge in [0.05, 0.1) is 15.5 Å². The van der Waals surface area contributed by atoms with Gasteiger partial charge in [-0.05, 0) is 72.8 Å². The van der Waals surface area contributed by atoms with Crippen LogP contribution in [-0.2, 0) is 14.6 Å². The van der Waals surface area contributed by atoms with Crippen LogP contribution in [0.2, 0.25) is 0 Å². The summed E-state index contributed by atoms with van der Waals surface area (Å²) in [5, 5.41) is 4.33. The zero-order valence-electron chi connectivity index (χ0n) is 17.7. The van der Waals surface area contributed by atoms with Crippen LogP contribution in [-0.4, -0.2) is 25.1 Å². The molecule has 0 aliphatic carbocycles. The zero-order valence-corrected chi connectivity index (χ0v) is 20.1. The van der Waals surface area contributed by atoms with Crippen molar-refractivity contribution in [3.8, 4) is 10.8 Å². The number of hydrogen-bond acceptors (Lipinski definition) is 7. The Balaban J connectivity index is 1.61. The smallest absolute Gasteiger partial charge is 0.238 e. The van der Waals surface area contributed by atoms with Gasteiger partial charge in [0.25, 0.3) is 0 Å². The second-order valence-electron chi connectivity index (χ2n) is 7.26. The molecule has 0 aliphatic rings. The van der Waals surface area contributed by atoms with E-state index in [4.69, 9.17) is 4.42 Å². The minimum Gasteiger partial charge on any atom is -0.428 e. The summed E-state index contributed by atoms with van der Waals surface area (Å²) in [6, 6.07) is 13.7. The molecule has 2 aromatic heterocycles. The Hall–Kier alpha value is -2.95. The first-order valence-electron chi connectivity index (χ1n) is 9.79. The molecule has 0 aliphatic heterocycles. The maximum absolute atomic E-state index is 13.3. The van der Waals surface area contributed by atoms with Crippen molar-refractivity contribution in [3.63, 3.8) is 0 Å². The lowest BCUT2D eigenvalue weighted by Crippen LogP contribution is -2.14. The minimum atomic E-state index is -4.09.